The molecule has 0 saturated heterocycles. The lowest BCUT2D eigenvalue weighted by Gasteiger charge is -2.23. The number of hydrogen-bond donors (Lipinski definition) is 0. The number of para-hydroxylation sites is 1. The topological polar surface area (TPSA) is 51.0 Å². The molecule has 138 valence electrons. The SMILES string of the molecule is CCCCn1nc(C)c(C(=O)N(C)[C@@H](C)c2nc3ccccc3s2)c1Cl. The van der Waals surface area contributed by atoms with E-state index in [1.807, 2.05) is 38.1 Å². The van der Waals surface area contributed by atoms with Crippen LogP contribution in [0.25, 0.3) is 10.2 Å². The molecule has 0 fully saturated rings. The van der Waals surface area contributed by atoms with Gasteiger partial charge in [0.25, 0.3) is 5.91 Å². The van der Waals surface area contributed by atoms with Crippen LogP contribution in [0, 0.1) is 6.92 Å². The zero-order chi connectivity index (χ0) is 18.8. The fourth-order valence-corrected chi connectivity index (χ4v) is 4.24. The molecule has 1 atom stereocenters. The van der Waals surface area contributed by atoms with Gasteiger partial charge in [-0.1, -0.05) is 37.1 Å². The molecular formula is C19H23ClN4OS. The second kappa shape index (κ2) is 7.76. The monoisotopic (exact) mass is 390 g/mol. The summed E-state index contributed by atoms with van der Waals surface area (Å²) in [5.74, 6) is -0.123. The number of aromatic nitrogens is 3. The van der Waals surface area contributed by atoms with Gasteiger partial charge < -0.3 is 4.90 Å². The molecule has 0 radical (unpaired) electrons. The number of rotatable bonds is 6. The van der Waals surface area contributed by atoms with Gasteiger partial charge in [0.15, 0.2) is 0 Å². The van der Waals surface area contributed by atoms with Gasteiger partial charge in [-0.3, -0.25) is 9.48 Å². The second-order valence-electron chi connectivity index (χ2n) is 6.44. The van der Waals surface area contributed by atoms with E-state index < -0.39 is 0 Å². The van der Waals surface area contributed by atoms with E-state index in [0.717, 1.165) is 34.6 Å². The van der Waals surface area contributed by atoms with Crippen LogP contribution in [0.2, 0.25) is 5.15 Å². The third kappa shape index (κ3) is 3.48. The molecule has 1 aromatic carbocycles. The lowest BCUT2D eigenvalue weighted by Crippen LogP contribution is -2.30. The minimum absolute atomic E-state index is 0.123. The average molecular weight is 391 g/mol. The first-order valence-corrected chi connectivity index (χ1v) is 9.99. The van der Waals surface area contributed by atoms with E-state index in [9.17, 15) is 4.79 Å². The van der Waals surface area contributed by atoms with Crippen LogP contribution < -0.4 is 0 Å². The van der Waals surface area contributed by atoms with E-state index >= 15 is 0 Å². The highest BCUT2D eigenvalue weighted by molar-refractivity contribution is 7.18. The van der Waals surface area contributed by atoms with Gasteiger partial charge in [0.05, 0.1) is 27.5 Å². The Hall–Kier alpha value is -1.92. The van der Waals surface area contributed by atoms with Crippen LogP contribution >= 0.6 is 22.9 Å². The van der Waals surface area contributed by atoms with Crippen molar-refractivity contribution >= 4 is 39.1 Å². The number of hydrogen-bond acceptors (Lipinski definition) is 4. The highest BCUT2D eigenvalue weighted by atomic mass is 35.5. The van der Waals surface area contributed by atoms with E-state index in [-0.39, 0.29) is 11.9 Å². The van der Waals surface area contributed by atoms with Crippen molar-refractivity contribution in [2.75, 3.05) is 7.05 Å². The van der Waals surface area contributed by atoms with Gasteiger partial charge in [-0.15, -0.1) is 11.3 Å². The van der Waals surface area contributed by atoms with Gasteiger partial charge in [0.2, 0.25) is 0 Å². The van der Waals surface area contributed by atoms with Crippen LogP contribution in [0.3, 0.4) is 0 Å². The number of unbranched alkanes of at least 4 members (excludes halogenated alkanes) is 1. The highest BCUT2D eigenvalue weighted by Gasteiger charge is 2.27. The minimum atomic E-state index is -0.144. The average Bonchev–Trinajstić information content (AvgIpc) is 3.19. The Balaban J connectivity index is 1.86. The summed E-state index contributed by atoms with van der Waals surface area (Å²) in [5.41, 5.74) is 2.11. The molecule has 5 nitrogen and oxygen atoms in total. The summed E-state index contributed by atoms with van der Waals surface area (Å²) >= 11 is 8.07. The molecule has 3 rings (SSSR count). The predicted octanol–water partition coefficient (Wildman–Crippen LogP) is 5.09. The van der Waals surface area contributed by atoms with E-state index in [1.165, 1.54) is 0 Å². The quantitative estimate of drug-likeness (QED) is 0.589. The van der Waals surface area contributed by atoms with E-state index in [4.69, 9.17) is 11.6 Å². The lowest BCUT2D eigenvalue weighted by atomic mass is 10.2. The van der Waals surface area contributed by atoms with Crippen LogP contribution in [-0.2, 0) is 6.54 Å². The first-order chi connectivity index (χ1) is 12.4. The number of aryl methyl sites for hydroxylation is 2. The van der Waals surface area contributed by atoms with Gasteiger partial charge in [0.1, 0.15) is 10.2 Å². The Labute approximate surface area is 162 Å². The summed E-state index contributed by atoms with van der Waals surface area (Å²) < 4.78 is 2.85. The summed E-state index contributed by atoms with van der Waals surface area (Å²) in [6.07, 6.45) is 2.03. The maximum Gasteiger partial charge on any atom is 0.259 e. The molecule has 0 spiro atoms. The molecule has 2 heterocycles. The molecule has 0 aliphatic heterocycles. The summed E-state index contributed by atoms with van der Waals surface area (Å²) in [6.45, 7) is 6.66. The van der Waals surface area contributed by atoms with E-state index in [1.54, 1.807) is 28.0 Å². The number of carbonyl (C=O) groups is 1. The number of benzene rings is 1. The van der Waals surface area contributed by atoms with Crippen molar-refractivity contribution < 1.29 is 4.79 Å². The Kier molecular flexibility index (Phi) is 5.63. The number of nitrogens with zero attached hydrogens (tertiary/aromatic N) is 4. The van der Waals surface area contributed by atoms with Gasteiger partial charge in [-0.2, -0.15) is 5.10 Å². The molecule has 0 unspecified atom stereocenters. The molecule has 7 heteroatoms. The molecule has 0 aliphatic carbocycles. The van der Waals surface area contributed by atoms with Crippen molar-refractivity contribution in [3.05, 3.63) is 45.7 Å². The predicted molar refractivity (Wildman–Crippen MR) is 107 cm³/mol. The van der Waals surface area contributed by atoms with Crippen LogP contribution in [0.4, 0.5) is 0 Å². The standard InChI is InChI=1S/C19H23ClN4OS/c1-5-6-11-24-17(20)16(12(2)22-24)19(25)23(4)13(3)18-21-14-9-7-8-10-15(14)26-18/h7-10,13H,5-6,11H2,1-4H3/t13-/m0/s1. The van der Waals surface area contributed by atoms with Crippen molar-refractivity contribution in [3.63, 3.8) is 0 Å². The number of thiazole rings is 1. The molecule has 0 bridgehead atoms. The third-order valence-electron chi connectivity index (χ3n) is 4.57. The van der Waals surface area contributed by atoms with Crippen LogP contribution in [-0.4, -0.2) is 32.6 Å². The van der Waals surface area contributed by atoms with Crippen molar-refractivity contribution in [2.45, 2.75) is 46.2 Å². The number of carbonyl (C=O) groups excluding carboxylic acids is 1. The summed E-state index contributed by atoms with van der Waals surface area (Å²) in [4.78, 5) is 19.4. The van der Waals surface area contributed by atoms with Gasteiger partial charge in [0, 0.05) is 13.6 Å². The fourth-order valence-electron chi connectivity index (χ4n) is 2.84. The largest absolute Gasteiger partial charge is 0.332 e. The smallest absolute Gasteiger partial charge is 0.259 e. The molecule has 0 saturated carbocycles. The zero-order valence-corrected chi connectivity index (χ0v) is 17.1. The van der Waals surface area contributed by atoms with Gasteiger partial charge >= 0.3 is 0 Å². The first-order valence-electron chi connectivity index (χ1n) is 8.79. The van der Waals surface area contributed by atoms with Crippen LogP contribution in [0.5, 0.6) is 0 Å². The van der Waals surface area contributed by atoms with Gasteiger partial charge in [-0.05, 0) is 32.4 Å². The lowest BCUT2D eigenvalue weighted by molar-refractivity contribution is 0.0742. The molecule has 1 amide bonds. The minimum Gasteiger partial charge on any atom is -0.332 e. The number of halogens is 1. The third-order valence-corrected chi connectivity index (χ3v) is 6.16. The summed E-state index contributed by atoms with van der Waals surface area (Å²) in [6, 6.07) is 7.86. The van der Waals surface area contributed by atoms with Crippen molar-refractivity contribution in [1.82, 2.24) is 19.7 Å². The molecule has 0 aliphatic rings. The fraction of sp³-hybridized carbons (Fsp3) is 0.421. The Morgan fingerprint density at radius 2 is 2.12 bits per heavy atom. The zero-order valence-electron chi connectivity index (χ0n) is 15.5. The van der Waals surface area contributed by atoms with Crippen molar-refractivity contribution in [3.8, 4) is 0 Å². The molecule has 3 aromatic rings. The van der Waals surface area contributed by atoms with Crippen molar-refractivity contribution in [1.29, 1.82) is 0 Å². The van der Waals surface area contributed by atoms with Crippen molar-refractivity contribution in [2.24, 2.45) is 0 Å². The van der Waals surface area contributed by atoms with Crippen LogP contribution in [0.1, 0.15) is 53.8 Å². The normalized spacial score (nSPS) is 12.5. The highest BCUT2D eigenvalue weighted by Crippen LogP contribution is 2.31. The van der Waals surface area contributed by atoms with Crippen LogP contribution in [0.15, 0.2) is 24.3 Å². The van der Waals surface area contributed by atoms with Gasteiger partial charge in [-0.25, -0.2) is 4.98 Å². The molecular weight excluding hydrogens is 368 g/mol. The molecule has 2 aromatic heterocycles. The number of fused-ring (bicyclic) bond motifs is 1. The number of amides is 1. The molecule has 0 N–H and O–H groups in total. The molecule has 26 heavy (non-hydrogen) atoms. The van der Waals surface area contributed by atoms with E-state index in [2.05, 4.69) is 17.0 Å². The summed E-state index contributed by atoms with van der Waals surface area (Å²) in [7, 11) is 1.79. The maximum atomic E-state index is 13.1. The maximum absolute atomic E-state index is 13.1. The van der Waals surface area contributed by atoms with E-state index in [0.29, 0.717) is 16.4 Å². The Morgan fingerprint density at radius 3 is 2.81 bits per heavy atom. The Bertz CT molecular complexity index is 900. The summed E-state index contributed by atoms with van der Waals surface area (Å²) in [5, 5.41) is 5.77. The Morgan fingerprint density at radius 1 is 1.38 bits per heavy atom. The second-order valence-corrected chi connectivity index (χ2v) is 7.86. The first kappa shape index (κ1) is 18.9.